The summed E-state index contributed by atoms with van der Waals surface area (Å²) in [6.07, 6.45) is 0. The van der Waals surface area contributed by atoms with E-state index >= 15 is 0 Å². The predicted molar refractivity (Wildman–Crippen MR) is 108 cm³/mol. The summed E-state index contributed by atoms with van der Waals surface area (Å²) in [7, 11) is 0. The molecule has 0 N–H and O–H groups in total. The zero-order chi connectivity index (χ0) is 18.8. The smallest absolute Gasteiger partial charge is 0.235 e. The molecule has 0 radical (unpaired) electrons. The number of halogens is 1. The van der Waals surface area contributed by atoms with Crippen LogP contribution in [0.4, 0.5) is 0 Å². The van der Waals surface area contributed by atoms with Gasteiger partial charge in [0.05, 0.1) is 5.39 Å². The van der Waals surface area contributed by atoms with Gasteiger partial charge < -0.3 is 9.15 Å². The van der Waals surface area contributed by atoms with E-state index in [4.69, 9.17) is 20.8 Å². The molecule has 0 aliphatic heterocycles. The number of benzene rings is 3. The van der Waals surface area contributed by atoms with E-state index in [2.05, 4.69) is 0 Å². The third-order valence-corrected chi connectivity index (χ3v) is 4.55. The molecule has 3 aromatic carbocycles. The van der Waals surface area contributed by atoms with Crippen LogP contribution in [0.3, 0.4) is 0 Å². The number of aryl methyl sites for hydroxylation is 1. The molecule has 0 bridgehead atoms. The molecular formula is C23H17ClO3. The van der Waals surface area contributed by atoms with Crippen molar-refractivity contribution in [3.05, 3.63) is 99.2 Å². The highest BCUT2D eigenvalue weighted by Gasteiger charge is 2.18. The Kier molecular flexibility index (Phi) is 4.69. The Morgan fingerprint density at radius 2 is 1.78 bits per heavy atom. The van der Waals surface area contributed by atoms with Crippen molar-refractivity contribution in [2.45, 2.75) is 13.5 Å². The Morgan fingerprint density at radius 3 is 2.56 bits per heavy atom. The van der Waals surface area contributed by atoms with Gasteiger partial charge in [0.1, 0.15) is 12.2 Å². The minimum Gasteiger partial charge on any atom is -0.481 e. The zero-order valence-corrected chi connectivity index (χ0v) is 15.5. The first kappa shape index (κ1) is 17.4. The lowest BCUT2D eigenvalue weighted by molar-refractivity contribution is 0.298. The molecule has 0 aliphatic carbocycles. The van der Waals surface area contributed by atoms with E-state index in [1.165, 1.54) is 0 Å². The molecule has 0 saturated carbocycles. The molecule has 0 fully saturated rings. The van der Waals surface area contributed by atoms with Gasteiger partial charge in [-0.3, -0.25) is 4.79 Å². The van der Waals surface area contributed by atoms with Gasteiger partial charge in [-0.15, -0.1) is 0 Å². The fourth-order valence-electron chi connectivity index (χ4n) is 2.98. The van der Waals surface area contributed by atoms with Crippen LogP contribution in [0.5, 0.6) is 5.75 Å². The molecule has 0 amide bonds. The van der Waals surface area contributed by atoms with E-state index in [0.717, 1.165) is 16.7 Å². The number of ether oxygens (including phenoxy) is 1. The van der Waals surface area contributed by atoms with Crippen molar-refractivity contribution in [1.82, 2.24) is 0 Å². The van der Waals surface area contributed by atoms with Crippen LogP contribution in [-0.4, -0.2) is 0 Å². The van der Waals surface area contributed by atoms with Crippen LogP contribution in [0.1, 0.15) is 11.1 Å². The second-order valence-electron chi connectivity index (χ2n) is 6.37. The van der Waals surface area contributed by atoms with Gasteiger partial charge in [-0.05, 0) is 42.3 Å². The van der Waals surface area contributed by atoms with Crippen LogP contribution in [0, 0.1) is 6.92 Å². The zero-order valence-electron chi connectivity index (χ0n) is 14.7. The molecule has 1 heterocycles. The van der Waals surface area contributed by atoms with Crippen molar-refractivity contribution in [2.75, 3.05) is 0 Å². The average Bonchev–Trinajstić information content (AvgIpc) is 2.67. The van der Waals surface area contributed by atoms with Crippen LogP contribution in [0.15, 0.2) is 82.0 Å². The van der Waals surface area contributed by atoms with Crippen molar-refractivity contribution in [3.63, 3.8) is 0 Å². The Morgan fingerprint density at radius 1 is 0.963 bits per heavy atom. The summed E-state index contributed by atoms with van der Waals surface area (Å²) < 4.78 is 12.0. The highest BCUT2D eigenvalue weighted by molar-refractivity contribution is 6.30. The van der Waals surface area contributed by atoms with Crippen LogP contribution in [-0.2, 0) is 6.61 Å². The van der Waals surface area contributed by atoms with Gasteiger partial charge >= 0.3 is 0 Å². The largest absolute Gasteiger partial charge is 0.481 e. The molecule has 4 heteroatoms. The van der Waals surface area contributed by atoms with Crippen LogP contribution in [0.2, 0.25) is 5.02 Å². The fraction of sp³-hybridized carbons (Fsp3) is 0.0870. The highest BCUT2D eigenvalue weighted by atomic mass is 35.5. The van der Waals surface area contributed by atoms with Gasteiger partial charge in [0.15, 0.2) is 5.76 Å². The number of hydrogen-bond acceptors (Lipinski definition) is 3. The standard InChI is InChI=1S/C23H17ClO3/c1-15-10-11-19-20(12-15)27-22(17-7-3-2-4-8-17)23(21(19)25)26-14-16-6-5-9-18(24)13-16/h2-13H,14H2,1H3. The van der Waals surface area contributed by atoms with Gasteiger partial charge in [0.25, 0.3) is 0 Å². The second kappa shape index (κ2) is 7.29. The van der Waals surface area contributed by atoms with Gasteiger partial charge in [-0.1, -0.05) is 60.1 Å². The van der Waals surface area contributed by atoms with E-state index in [9.17, 15) is 4.79 Å². The summed E-state index contributed by atoms with van der Waals surface area (Å²) in [5.74, 6) is 0.637. The molecule has 0 aliphatic rings. The summed E-state index contributed by atoms with van der Waals surface area (Å²) in [4.78, 5) is 13.1. The molecule has 1 aromatic heterocycles. The Labute approximate surface area is 161 Å². The molecule has 3 nitrogen and oxygen atoms in total. The third kappa shape index (κ3) is 3.60. The van der Waals surface area contributed by atoms with Gasteiger partial charge in [0, 0.05) is 10.6 Å². The summed E-state index contributed by atoms with van der Waals surface area (Å²) in [5, 5.41) is 1.13. The molecule has 0 unspecified atom stereocenters. The Hall–Kier alpha value is -3.04. The van der Waals surface area contributed by atoms with Gasteiger partial charge in [0.2, 0.25) is 11.2 Å². The molecule has 4 aromatic rings. The fourth-order valence-corrected chi connectivity index (χ4v) is 3.19. The molecule has 27 heavy (non-hydrogen) atoms. The third-order valence-electron chi connectivity index (χ3n) is 4.31. The minimum absolute atomic E-state index is 0.183. The number of fused-ring (bicyclic) bond motifs is 1. The lowest BCUT2D eigenvalue weighted by Crippen LogP contribution is -2.10. The van der Waals surface area contributed by atoms with Crippen LogP contribution in [0.25, 0.3) is 22.3 Å². The van der Waals surface area contributed by atoms with Crippen molar-refractivity contribution in [1.29, 1.82) is 0 Å². The first-order chi connectivity index (χ1) is 13.1. The van der Waals surface area contributed by atoms with E-state index in [-0.39, 0.29) is 17.8 Å². The maximum absolute atomic E-state index is 13.1. The maximum atomic E-state index is 13.1. The second-order valence-corrected chi connectivity index (χ2v) is 6.81. The van der Waals surface area contributed by atoms with Gasteiger partial charge in [-0.25, -0.2) is 0 Å². The van der Waals surface area contributed by atoms with Crippen LogP contribution < -0.4 is 10.2 Å². The lowest BCUT2D eigenvalue weighted by Gasteiger charge is -2.12. The summed E-state index contributed by atoms with van der Waals surface area (Å²) in [5.41, 5.74) is 3.06. The summed E-state index contributed by atoms with van der Waals surface area (Å²) in [6.45, 7) is 2.19. The minimum atomic E-state index is -0.183. The van der Waals surface area contributed by atoms with E-state index in [1.54, 1.807) is 12.1 Å². The monoisotopic (exact) mass is 376 g/mol. The Bertz CT molecular complexity index is 1160. The molecule has 134 valence electrons. The first-order valence-electron chi connectivity index (χ1n) is 8.62. The lowest BCUT2D eigenvalue weighted by atomic mass is 10.1. The van der Waals surface area contributed by atoms with Crippen molar-refractivity contribution >= 4 is 22.6 Å². The molecular weight excluding hydrogens is 360 g/mol. The quantitative estimate of drug-likeness (QED) is 0.438. The summed E-state index contributed by atoms with van der Waals surface area (Å²) in [6, 6.07) is 22.4. The van der Waals surface area contributed by atoms with Crippen molar-refractivity contribution in [3.8, 4) is 17.1 Å². The number of hydrogen-bond donors (Lipinski definition) is 0. The van der Waals surface area contributed by atoms with E-state index < -0.39 is 0 Å². The first-order valence-corrected chi connectivity index (χ1v) is 9.00. The summed E-state index contributed by atoms with van der Waals surface area (Å²) >= 11 is 6.04. The van der Waals surface area contributed by atoms with E-state index in [1.807, 2.05) is 67.6 Å². The maximum Gasteiger partial charge on any atom is 0.235 e. The average molecular weight is 377 g/mol. The van der Waals surface area contributed by atoms with E-state index in [0.29, 0.717) is 21.8 Å². The SMILES string of the molecule is Cc1ccc2c(=O)c(OCc3cccc(Cl)c3)c(-c3ccccc3)oc2c1. The highest BCUT2D eigenvalue weighted by Crippen LogP contribution is 2.31. The van der Waals surface area contributed by atoms with Gasteiger partial charge in [-0.2, -0.15) is 0 Å². The molecule has 0 atom stereocenters. The van der Waals surface area contributed by atoms with Crippen molar-refractivity contribution in [2.24, 2.45) is 0 Å². The molecule has 0 saturated heterocycles. The number of rotatable bonds is 4. The molecule has 4 rings (SSSR count). The normalized spacial score (nSPS) is 10.9. The van der Waals surface area contributed by atoms with Crippen molar-refractivity contribution < 1.29 is 9.15 Å². The topological polar surface area (TPSA) is 39.4 Å². The van der Waals surface area contributed by atoms with Crippen LogP contribution >= 0.6 is 11.6 Å². The predicted octanol–water partition coefficient (Wildman–Crippen LogP) is 6.00. The molecule has 0 spiro atoms. The Balaban J connectivity index is 1.85.